The SMILES string of the molecule is O=C(Nc1ccccc1C(=O)NNC(=O)c1ccc(Cl)cc1Cl)c1ccccc1. The number of halogens is 2. The van der Waals surface area contributed by atoms with Crippen LogP contribution in [0.4, 0.5) is 5.69 Å². The Labute approximate surface area is 176 Å². The molecular weight excluding hydrogens is 413 g/mol. The first-order valence-electron chi connectivity index (χ1n) is 8.47. The van der Waals surface area contributed by atoms with E-state index in [-0.39, 0.29) is 22.1 Å². The Kier molecular flexibility index (Phi) is 6.49. The molecule has 29 heavy (non-hydrogen) atoms. The highest BCUT2D eigenvalue weighted by Gasteiger charge is 2.16. The Bertz CT molecular complexity index is 1070. The van der Waals surface area contributed by atoms with Crippen LogP contribution < -0.4 is 16.2 Å². The fourth-order valence-electron chi connectivity index (χ4n) is 2.50. The molecule has 8 heteroatoms. The normalized spacial score (nSPS) is 10.1. The van der Waals surface area contributed by atoms with Gasteiger partial charge in [-0.15, -0.1) is 0 Å². The van der Waals surface area contributed by atoms with E-state index in [1.54, 1.807) is 48.5 Å². The van der Waals surface area contributed by atoms with Crippen molar-refractivity contribution in [3.05, 3.63) is 99.5 Å². The molecule has 3 N–H and O–H groups in total. The van der Waals surface area contributed by atoms with E-state index in [0.717, 1.165) is 0 Å². The second-order valence-corrected chi connectivity index (χ2v) is 6.74. The van der Waals surface area contributed by atoms with Crippen molar-refractivity contribution < 1.29 is 14.4 Å². The number of para-hydroxylation sites is 1. The number of benzene rings is 3. The fourth-order valence-corrected chi connectivity index (χ4v) is 2.99. The van der Waals surface area contributed by atoms with Crippen LogP contribution in [0.2, 0.25) is 10.0 Å². The molecule has 3 aromatic carbocycles. The first-order chi connectivity index (χ1) is 14.0. The zero-order valence-corrected chi connectivity index (χ0v) is 16.4. The Morgan fingerprint density at radius 3 is 1.97 bits per heavy atom. The van der Waals surface area contributed by atoms with Gasteiger partial charge in [0.05, 0.1) is 21.8 Å². The fraction of sp³-hybridized carbons (Fsp3) is 0. The van der Waals surface area contributed by atoms with Crippen LogP contribution in [0.1, 0.15) is 31.1 Å². The van der Waals surface area contributed by atoms with Crippen molar-refractivity contribution in [2.24, 2.45) is 0 Å². The Hall–Kier alpha value is -3.35. The molecule has 0 aliphatic heterocycles. The highest BCUT2D eigenvalue weighted by Crippen LogP contribution is 2.21. The number of nitrogens with one attached hydrogen (secondary N) is 3. The average Bonchev–Trinajstić information content (AvgIpc) is 2.72. The van der Waals surface area contributed by atoms with Gasteiger partial charge in [0.25, 0.3) is 17.7 Å². The van der Waals surface area contributed by atoms with E-state index in [0.29, 0.717) is 16.3 Å². The zero-order chi connectivity index (χ0) is 20.8. The molecule has 0 bridgehead atoms. The predicted octanol–water partition coefficient (Wildman–Crippen LogP) is 4.32. The van der Waals surface area contributed by atoms with Gasteiger partial charge < -0.3 is 5.32 Å². The van der Waals surface area contributed by atoms with Gasteiger partial charge in [-0.3, -0.25) is 25.2 Å². The second kappa shape index (κ2) is 9.23. The summed E-state index contributed by atoms with van der Waals surface area (Å²) in [6.45, 7) is 0. The molecule has 0 aliphatic rings. The summed E-state index contributed by atoms with van der Waals surface area (Å²) in [5, 5.41) is 3.23. The molecule has 0 aliphatic carbocycles. The minimum atomic E-state index is -0.606. The molecule has 0 saturated heterocycles. The minimum Gasteiger partial charge on any atom is -0.321 e. The zero-order valence-electron chi connectivity index (χ0n) is 14.9. The number of hydrogen-bond acceptors (Lipinski definition) is 3. The molecule has 0 heterocycles. The van der Waals surface area contributed by atoms with E-state index in [9.17, 15) is 14.4 Å². The summed E-state index contributed by atoms with van der Waals surface area (Å²) < 4.78 is 0. The third-order valence-corrected chi connectivity index (χ3v) is 4.47. The summed E-state index contributed by atoms with van der Waals surface area (Å²) in [5.41, 5.74) is 5.69. The van der Waals surface area contributed by atoms with Crippen LogP contribution in [0.5, 0.6) is 0 Å². The van der Waals surface area contributed by atoms with Crippen LogP contribution in [-0.4, -0.2) is 17.7 Å². The smallest absolute Gasteiger partial charge is 0.271 e. The molecule has 0 saturated carbocycles. The molecule has 3 aromatic rings. The highest BCUT2D eigenvalue weighted by atomic mass is 35.5. The third-order valence-electron chi connectivity index (χ3n) is 3.92. The summed E-state index contributed by atoms with van der Waals surface area (Å²) >= 11 is 11.8. The molecule has 0 unspecified atom stereocenters. The van der Waals surface area contributed by atoms with Crippen LogP contribution in [-0.2, 0) is 0 Å². The topological polar surface area (TPSA) is 87.3 Å². The molecular formula is C21H15Cl2N3O3. The van der Waals surface area contributed by atoms with Crippen molar-refractivity contribution in [3.63, 3.8) is 0 Å². The molecule has 146 valence electrons. The Morgan fingerprint density at radius 1 is 0.655 bits per heavy atom. The Morgan fingerprint density at radius 2 is 1.28 bits per heavy atom. The van der Waals surface area contributed by atoms with Gasteiger partial charge in [0.1, 0.15) is 0 Å². The number of amides is 3. The van der Waals surface area contributed by atoms with Crippen molar-refractivity contribution in [1.82, 2.24) is 10.9 Å². The Balaban J connectivity index is 1.70. The summed E-state index contributed by atoms with van der Waals surface area (Å²) in [4.78, 5) is 37.1. The van der Waals surface area contributed by atoms with Crippen molar-refractivity contribution >= 4 is 46.6 Å². The number of anilines is 1. The summed E-state index contributed by atoms with van der Waals surface area (Å²) in [6, 6.07) is 19.4. The molecule has 3 rings (SSSR count). The molecule has 0 atom stereocenters. The molecule has 0 fully saturated rings. The van der Waals surface area contributed by atoms with Crippen LogP contribution in [0.15, 0.2) is 72.8 Å². The van der Waals surface area contributed by atoms with Gasteiger partial charge in [0, 0.05) is 10.6 Å². The van der Waals surface area contributed by atoms with E-state index in [2.05, 4.69) is 16.2 Å². The van der Waals surface area contributed by atoms with Crippen LogP contribution in [0.25, 0.3) is 0 Å². The summed E-state index contributed by atoms with van der Waals surface area (Å²) in [6.07, 6.45) is 0. The van der Waals surface area contributed by atoms with Crippen molar-refractivity contribution in [3.8, 4) is 0 Å². The van der Waals surface area contributed by atoms with Crippen molar-refractivity contribution in [2.75, 3.05) is 5.32 Å². The summed E-state index contributed by atoms with van der Waals surface area (Å²) in [7, 11) is 0. The quantitative estimate of drug-likeness (QED) is 0.541. The number of hydrazine groups is 1. The van der Waals surface area contributed by atoms with Gasteiger partial charge in [-0.1, -0.05) is 53.5 Å². The third kappa shape index (κ3) is 5.13. The van der Waals surface area contributed by atoms with Crippen molar-refractivity contribution in [2.45, 2.75) is 0 Å². The van der Waals surface area contributed by atoms with E-state index in [4.69, 9.17) is 23.2 Å². The number of hydrogen-bond donors (Lipinski definition) is 3. The molecule has 0 radical (unpaired) electrons. The largest absolute Gasteiger partial charge is 0.321 e. The van der Waals surface area contributed by atoms with Gasteiger partial charge in [0.15, 0.2) is 0 Å². The van der Waals surface area contributed by atoms with Gasteiger partial charge in [-0.05, 0) is 42.5 Å². The van der Waals surface area contributed by atoms with E-state index in [1.165, 1.54) is 24.3 Å². The first-order valence-corrected chi connectivity index (χ1v) is 9.22. The maximum Gasteiger partial charge on any atom is 0.271 e. The average molecular weight is 428 g/mol. The van der Waals surface area contributed by atoms with Crippen molar-refractivity contribution in [1.29, 1.82) is 0 Å². The van der Waals surface area contributed by atoms with E-state index >= 15 is 0 Å². The molecule has 3 amide bonds. The maximum atomic E-state index is 12.5. The van der Waals surface area contributed by atoms with Gasteiger partial charge in [-0.25, -0.2) is 0 Å². The molecule has 0 aromatic heterocycles. The number of rotatable bonds is 4. The lowest BCUT2D eigenvalue weighted by Gasteiger charge is -2.12. The lowest BCUT2D eigenvalue weighted by Crippen LogP contribution is -2.42. The maximum absolute atomic E-state index is 12.5. The van der Waals surface area contributed by atoms with Gasteiger partial charge in [-0.2, -0.15) is 0 Å². The summed E-state index contributed by atoms with van der Waals surface area (Å²) in [5.74, 6) is -1.57. The van der Waals surface area contributed by atoms with E-state index < -0.39 is 11.8 Å². The monoisotopic (exact) mass is 427 g/mol. The van der Waals surface area contributed by atoms with E-state index in [1.807, 2.05) is 0 Å². The molecule has 6 nitrogen and oxygen atoms in total. The van der Waals surface area contributed by atoms with Gasteiger partial charge >= 0.3 is 0 Å². The number of carbonyl (C=O) groups excluding carboxylic acids is 3. The lowest BCUT2D eigenvalue weighted by atomic mass is 10.1. The highest BCUT2D eigenvalue weighted by molar-refractivity contribution is 6.36. The second-order valence-electron chi connectivity index (χ2n) is 5.90. The van der Waals surface area contributed by atoms with Crippen LogP contribution in [0.3, 0.4) is 0 Å². The predicted molar refractivity (Wildman–Crippen MR) is 112 cm³/mol. The molecule has 0 spiro atoms. The minimum absolute atomic E-state index is 0.153. The number of carbonyl (C=O) groups is 3. The first kappa shape index (κ1) is 20.4. The lowest BCUT2D eigenvalue weighted by molar-refractivity contribution is 0.0847. The van der Waals surface area contributed by atoms with Crippen LogP contribution >= 0.6 is 23.2 Å². The van der Waals surface area contributed by atoms with Gasteiger partial charge in [0.2, 0.25) is 0 Å². The standard InChI is InChI=1S/C21H15Cl2N3O3/c22-14-10-11-15(17(23)12-14)20(28)25-26-21(29)16-8-4-5-9-18(16)24-19(27)13-6-2-1-3-7-13/h1-12H,(H,24,27)(H,25,28)(H,26,29). The van der Waals surface area contributed by atoms with Crippen LogP contribution in [0, 0.1) is 0 Å².